The van der Waals surface area contributed by atoms with Crippen LogP contribution in [0.2, 0.25) is 0 Å². The van der Waals surface area contributed by atoms with E-state index in [9.17, 15) is 13.6 Å². The van der Waals surface area contributed by atoms with Crippen molar-refractivity contribution in [1.82, 2.24) is 10.6 Å². The third-order valence-corrected chi connectivity index (χ3v) is 2.85. The standard InChI is InChI=1S/C15H22F2N2O2/c1-10(2)19-9-11-7-12(16)15(13(17)8-11)21-6-4-5-14(20)18-3/h7-8,10,19H,4-6,9H2,1-3H3,(H,18,20). The van der Waals surface area contributed by atoms with Gasteiger partial charge in [-0.15, -0.1) is 0 Å². The first-order valence-corrected chi connectivity index (χ1v) is 6.98. The van der Waals surface area contributed by atoms with E-state index in [-0.39, 0.29) is 30.7 Å². The van der Waals surface area contributed by atoms with Crippen molar-refractivity contribution in [2.45, 2.75) is 39.3 Å². The van der Waals surface area contributed by atoms with Crippen LogP contribution in [0.3, 0.4) is 0 Å². The average Bonchev–Trinajstić information content (AvgIpc) is 2.43. The Morgan fingerprint density at radius 2 is 1.90 bits per heavy atom. The summed E-state index contributed by atoms with van der Waals surface area (Å²) in [5.41, 5.74) is 0.524. The zero-order chi connectivity index (χ0) is 15.8. The summed E-state index contributed by atoms with van der Waals surface area (Å²) in [6.45, 7) is 4.39. The van der Waals surface area contributed by atoms with Crippen molar-refractivity contribution >= 4 is 5.91 Å². The molecule has 118 valence electrons. The third kappa shape index (κ3) is 6.08. The van der Waals surface area contributed by atoms with E-state index in [0.29, 0.717) is 18.5 Å². The molecule has 0 saturated carbocycles. The number of benzene rings is 1. The largest absolute Gasteiger partial charge is 0.488 e. The predicted octanol–water partition coefficient (Wildman–Crippen LogP) is 2.37. The van der Waals surface area contributed by atoms with Crippen LogP contribution in [0.4, 0.5) is 8.78 Å². The second kappa shape index (κ2) is 8.56. The van der Waals surface area contributed by atoms with Crippen LogP contribution in [-0.4, -0.2) is 25.6 Å². The number of hydrogen-bond donors (Lipinski definition) is 2. The highest BCUT2D eigenvalue weighted by Gasteiger charge is 2.13. The first kappa shape index (κ1) is 17.4. The summed E-state index contributed by atoms with van der Waals surface area (Å²) in [6, 6.07) is 2.75. The van der Waals surface area contributed by atoms with Gasteiger partial charge in [0.2, 0.25) is 5.91 Å². The third-order valence-electron chi connectivity index (χ3n) is 2.85. The minimum absolute atomic E-state index is 0.0881. The molecule has 0 saturated heterocycles. The average molecular weight is 300 g/mol. The summed E-state index contributed by atoms with van der Waals surface area (Å²) >= 11 is 0. The summed E-state index contributed by atoms with van der Waals surface area (Å²) in [4.78, 5) is 11.0. The number of ether oxygens (including phenoxy) is 1. The Kier molecular flexibility index (Phi) is 7.08. The quantitative estimate of drug-likeness (QED) is 0.725. The molecule has 0 unspecified atom stereocenters. The van der Waals surface area contributed by atoms with Crippen LogP contribution in [0.25, 0.3) is 0 Å². The molecule has 0 aliphatic rings. The molecule has 0 heterocycles. The Hall–Kier alpha value is -1.69. The Balaban J connectivity index is 2.57. The van der Waals surface area contributed by atoms with E-state index >= 15 is 0 Å². The number of hydrogen-bond acceptors (Lipinski definition) is 3. The van der Waals surface area contributed by atoms with E-state index in [1.807, 2.05) is 13.8 Å². The molecule has 1 aromatic rings. The van der Waals surface area contributed by atoms with Crippen LogP contribution >= 0.6 is 0 Å². The number of rotatable bonds is 8. The van der Waals surface area contributed by atoms with Gasteiger partial charge in [-0.25, -0.2) is 8.78 Å². The zero-order valence-electron chi connectivity index (χ0n) is 12.6. The van der Waals surface area contributed by atoms with Crippen molar-refractivity contribution in [2.24, 2.45) is 0 Å². The van der Waals surface area contributed by atoms with Crippen molar-refractivity contribution in [1.29, 1.82) is 0 Å². The van der Waals surface area contributed by atoms with Crippen LogP contribution in [0.15, 0.2) is 12.1 Å². The van der Waals surface area contributed by atoms with Crippen LogP contribution in [-0.2, 0) is 11.3 Å². The van der Waals surface area contributed by atoms with Crippen LogP contribution in [0.5, 0.6) is 5.75 Å². The lowest BCUT2D eigenvalue weighted by molar-refractivity contribution is -0.120. The lowest BCUT2D eigenvalue weighted by Gasteiger charge is -2.12. The van der Waals surface area contributed by atoms with Gasteiger partial charge in [-0.3, -0.25) is 4.79 Å². The van der Waals surface area contributed by atoms with Crippen molar-refractivity contribution in [2.75, 3.05) is 13.7 Å². The monoisotopic (exact) mass is 300 g/mol. The van der Waals surface area contributed by atoms with Gasteiger partial charge in [0.05, 0.1) is 6.61 Å². The zero-order valence-corrected chi connectivity index (χ0v) is 12.6. The van der Waals surface area contributed by atoms with E-state index in [0.717, 1.165) is 0 Å². The molecule has 0 radical (unpaired) electrons. The summed E-state index contributed by atoms with van der Waals surface area (Å²) in [5.74, 6) is -1.97. The maximum absolute atomic E-state index is 13.8. The second-order valence-electron chi connectivity index (χ2n) is 5.05. The molecule has 0 atom stereocenters. The van der Waals surface area contributed by atoms with E-state index in [2.05, 4.69) is 10.6 Å². The molecule has 0 bridgehead atoms. The number of carbonyl (C=O) groups excluding carboxylic acids is 1. The highest BCUT2D eigenvalue weighted by atomic mass is 19.1. The second-order valence-corrected chi connectivity index (χ2v) is 5.05. The van der Waals surface area contributed by atoms with Crippen LogP contribution < -0.4 is 15.4 Å². The minimum Gasteiger partial charge on any atom is -0.488 e. The molecule has 0 aromatic heterocycles. The lowest BCUT2D eigenvalue weighted by Crippen LogP contribution is -2.22. The lowest BCUT2D eigenvalue weighted by atomic mass is 10.2. The molecule has 6 heteroatoms. The van der Waals surface area contributed by atoms with E-state index in [1.54, 1.807) is 0 Å². The highest BCUT2D eigenvalue weighted by molar-refractivity contribution is 5.75. The van der Waals surface area contributed by atoms with Crippen molar-refractivity contribution in [3.63, 3.8) is 0 Å². The van der Waals surface area contributed by atoms with Crippen molar-refractivity contribution in [3.05, 3.63) is 29.3 Å². The number of nitrogens with one attached hydrogen (secondary N) is 2. The molecule has 1 aromatic carbocycles. The van der Waals surface area contributed by atoms with Crippen molar-refractivity contribution < 1.29 is 18.3 Å². The fourth-order valence-electron chi connectivity index (χ4n) is 1.71. The molecular weight excluding hydrogens is 278 g/mol. The van der Waals surface area contributed by atoms with Gasteiger partial charge in [0, 0.05) is 26.1 Å². The summed E-state index contributed by atoms with van der Waals surface area (Å²) in [6.07, 6.45) is 0.658. The highest BCUT2D eigenvalue weighted by Crippen LogP contribution is 2.23. The van der Waals surface area contributed by atoms with Gasteiger partial charge in [-0.1, -0.05) is 13.8 Å². The van der Waals surface area contributed by atoms with Crippen molar-refractivity contribution in [3.8, 4) is 5.75 Å². The molecule has 2 N–H and O–H groups in total. The maximum atomic E-state index is 13.8. The first-order valence-electron chi connectivity index (χ1n) is 6.98. The Morgan fingerprint density at radius 1 is 1.29 bits per heavy atom. The summed E-state index contributed by atoms with van der Waals surface area (Å²) < 4.78 is 32.7. The summed E-state index contributed by atoms with van der Waals surface area (Å²) in [7, 11) is 1.53. The van der Waals surface area contributed by atoms with Crippen LogP contribution in [0.1, 0.15) is 32.3 Å². The number of carbonyl (C=O) groups is 1. The first-order chi connectivity index (χ1) is 9.93. The Morgan fingerprint density at radius 3 is 2.43 bits per heavy atom. The smallest absolute Gasteiger partial charge is 0.219 e. The van der Waals surface area contributed by atoms with E-state index in [1.165, 1.54) is 19.2 Å². The molecule has 1 rings (SSSR count). The molecule has 0 spiro atoms. The van der Waals surface area contributed by atoms with Gasteiger partial charge >= 0.3 is 0 Å². The van der Waals surface area contributed by atoms with Gasteiger partial charge < -0.3 is 15.4 Å². The number of halogens is 2. The predicted molar refractivity (Wildman–Crippen MR) is 77.1 cm³/mol. The number of amides is 1. The molecule has 21 heavy (non-hydrogen) atoms. The topological polar surface area (TPSA) is 50.4 Å². The molecule has 1 amide bonds. The van der Waals surface area contributed by atoms with Crippen LogP contribution in [0, 0.1) is 11.6 Å². The van der Waals surface area contributed by atoms with E-state index < -0.39 is 11.6 Å². The molecule has 0 fully saturated rings. The SMILES string of the molecule is CNC(=O)CCCOc1c(F)cc(CNC(C)C)cc1F. The molecule has 0 aliphatic heterocycles. The van der Waals surface area contributed by atoms with Gasteiger partial charge in [0.1, 0.15) is 0 Å². The fourth-order valence-corrected chi connectivity index (χ4v) is 1.71. The molecule has 0 aliphatic carbocycles. The molecular formula is C15H22F2N2O2. The normalized spacial score (nSPS) is 10.8. The van der Waals surface area contributed by atoms with Gasteiger partial charge in [0.25, 0.3) is 0 Å². The molecule has 4 nitrogen and oxygen atoms in total. The van der Waals surface area contributed by atoms with Gasteiger partial charge in [-0.05, 0) is 24.1 Å². The summed E-state index contributed by atoms with van der Waals surface area (Å²) in [5, 5.41) is 5.56. The fraction of sp³-hybridized carbons (Fsp3) is 0.533. The minimum atomic E-state index is -0.726. The Labute approximate surface area is 123 Å². The van der Waals surface area contributed by atoms with Gasteiger partial charge in [0.15, 0.2) is 17.4 Å². The van der Waals surface area contributed by atoms with E-state index in [4.69, 9.17) is 4.74 Å². The maximum Gasteiger partial charge on any atom is 0.219 e. The van der Waals surface area contributed by atoms with Gasteiger partial charge in [-0.2, -0.15) is 0 Å². The Bertz CT molecular complexity index is 456.